The summed E-state index contributed by atoms with van der Waals surface area (Å²) < 4.78 is 15.8. The number of nitrogens with zero attached hydrogens (tertiary/aromatic N) is 5. The van der Waals surface area contributed by atoms with Crippen LogP contribution >= 0.6 is 0 Å². The topological polar surface area (TPSA) is 83.2 Å². The van der Waals surface area contributed by atoms with Crippen molar-refractivity contribution in [3.05, 3.63) is 66.6 Å². The lowest BCUT2D eigenvalue weighted by Gasteiger charge is -2.15. The maximum Gasteiger partial charge on any atom is 0.141 e. The number of fused-ring (bicyclic) bond motifs is 1. The van der Waals surface area contributed by atoms with E-state index >= 15 is 0 Å². The smallest absolute Gasteiger partial charge is 0.141 e. The summed E-state index contributed by atoms with van der Waals surface area (Å²) in [5, 5.41) is 14.4. The number of rotatable bonds is 4. The van der Waals surface area contributed by atoms with Gasteiger partial charge in [0.15, 0.2) is 0 Å². The monoisotopic (exact) mass is 332 g/mol. The average Bonchev–Trinajstić information content (AvgIpc) is 3.29. The van der Waals surface area contributed by atoms with Crippen molar-refractivity contribution < 1.29 is 4.39 Å². The molecular weight excluding hydrogens is 319 g/mol. The number of nitrogens with one attached hydrogen (secondary N) is 1. The lowest BCUT2D eigenvalue weighted by molar-refractivity contribution is 0.498. The lowest BCUT2D eigenvalue weighted by atomic mass is 10.0. The fourth-order valence-electron chi connectivity index (χ4n) is 2.91. The maximum atomic E-state index is 14.2. The summed E-state index contributed by atoms with van der Waals surface area (Å²) in [5.74, 6) is -0.352. The van der Waals surface area contributed by atoms with Crippen LogP contribution in [-0.2, 0) is 0 Å². The molecule has 6 nitrogen and oxygen atoms in total. The van der Waals surface area contributed by atoms with Gasteiger partial charge in [-0.1, -0.05) is 18.2 Å². The van der Waals surface area contributed by atoms with Crippen molar-refractivity contribution in [2.45, 2.75) is 12.5 Å². The van der Waals surface area contributed by atoms with Crippen LogP contribution in [-0.4, -0.2) is 24.7 Å². The number of H-pyrrole nitrogens is 1. The molecule has 122 valence electrons. The minimum atomic E-state index is -0.497. The average molecular weight is 332 g/mol. The molecule has 3 aromatic heterocycles. The Hall–Kier alpha value is -3.53. The molecule has 4 rings (SSSR count). The Kier molecular flexibility index (Phi) is 3.71. The van der Waals surface area contributed by atoms with Crippen LogP contribution in [0.2, 0.25) is 0 Å². The van der Waals surface area contributed by atoms with E-state index in [0.717, 1.165) is 22.3 Å². The van der Waals surface area contributed by atoms with E-state index in [9.17, 15) is 4.39 Å². The zero-order valence-corrected chi connectivity index (χ0v) is 13.1. The molecule has 1 N–H and O–H groups in total. The molecule has 0 aliphatic rings. The molecule has 0 amide bonds. The van der Waals surface area contributed by atoms with Gasteiger partial charge in [-0.25, -0.2) is 14.4 Å². The molecule has 0 bridgehead atoms. The molecule has 0 fully saturated rings. The van der Waals surface area contributed by atoms with E-state index in [-0.39, 0.29) is 12.2 Å². The third-order valence-electron chi connectivity index (χ3n) is 4.10. The lowest BCUT2D eigenvalue weighted by Crippen LogP contribution is -2.12. The van der Waals surface area contributed by atoms with Crippen molar-refractivity contribution in [3.63, 3.8) is 0 Å². The zero-order valence-electron chi connectivity index (χ0n) is 13.1. The van der Waals surface area contributed by atoms with Crippen LogP contribution < -0.4 is 0 Å². The second-order valence-electron chi connectivity index (χ2n) is 5.57. The molecule has 0 saturated carbocycles. The first-order valence-electron chi connectivity index (χ1n) is 7.72. The fourth-order valence-corrected chi connectivity index (χ4v) is 2.91. The largest absolute Gasteiger partial charge is 0.346 e. The number of hydrogen-bond acceptors (Lipinski definition) is 4. The summed E-state index contributed by atoms with van der Waals surface area (Å²) in [4.78, 5) is 11.5. The van der Waals surface area contributed by atoms with Crippen molar-refractivity contribution >= 4 is 11.0 Å². The van der Waals surface area contributed by atoms with E-state index in [0.29, 0.717) is 5.56 Å². The highest BCUT2D eigenvalue weighted by Crippen LogP contribution is 2.28. The van der Waals surface area contributed by atoms with Crippen molar-refractivity contribution in [2.24, 2.45) is 0 Å². The van der Waals surface area contributed by atoms with E-state index in [1.165, 1.54) is 12.4 Å². The van der Waals surface area contributed by atoms with Gasteiger partial charge in [0.25, 0.3) is 0 Å². The van der Waals surface area contributed by atoms with E-state index in [1.807, 2.05) is 6.07 Å². The fraction of sp³-hybridized carbons (Fsp3) is 0.111. The van der Waals surface area contributed by atoms with Gasteiger partial charge in [0.05, 0.1) is 30.4 Å². The SMILES string of the molecule is N#CCC(c1ccccc1F)n1cc(-c2ncnc3[nH]ccc23)cn1. The molecule has 3 heterocycles. The van der Waals surface area contributed by atoms with Crippen LogP contribution in [0.3, 0.4) is 0 Å². The Morgan fingerprint density at radius 2 is 2.12 bits per heavy atom. The van der Waals surface area contributed by atoms with E-state index in [2.05, 4.69) is 26.1 Å². The van der Waals surface area contributed by atoms with Gasteiger partial charge in [0, 0.05) is 28.9 Å². The molecule has 7 heteroatoms. The second-order valence-corrected chi connectivity index (χ2v) is 5.57. The van der Waals surface area contributed by atoms with Gasteiger partial charge < -0.3 is 4.98 Å². The van der Waals surface area contributed by atoms with Gasteiger partial charge in [-0.05, 0) is 12.1 Å². The number of halogens is 1. The van der Waals surface area contributed by atoms with Crippen LogP contribution in [0.4, 0.5) is 4.39 Å². The quantitative estimate of drug-likeness (QED) is 0.620. The molecule has 1 atom stereocenters. The molecule has 1 unspecified atom stereocenters. The molecule has 0 spiro atoms. The zero-order chi connectivity index (χ0) is 17.2. The summed E-state index contributed by atoms with van der Waals surface area (Å²) >= 11 is 0. The van der Waals surface area contributed by atoms with Crippen LogP contribution in [0.25, 0.3) is 22.3 Å². The molecule has 0 aliphatic carbocycles. The summed E-state index contributed by atoms with van der Waals surface area (Å²) in [6.07, 6.45) is 6.84. The van der Waals surface area contributed by atoms with Crippen molar-refractivity contribution in [2.75, 3.05) is 0 Å². The van der Waals surface area contributed by atoms with Gasteiger partial charge in [-0.15, -0.1) is 0 Å². The Morgan fingerprint density at radius 1 is 1.24 bits per heavy atom. The minimum absolute atomic E-state index is 0.116. The van der Waals surface area contributed by atoms with Gasteiger partial charge in [0.1, 0.15) is 17.8 Å². The number of aromatic nitrogens is 5. The predicted molar refractivity (Wildman–Crippen MR) is 89.9 cm³/mol. The van der Waals surface area contributed by atoms with E-state index < -0.39 is 6.04 Å². The highest BCUT2D eigenvalue weighted by atomic mass is 19.1. The third kappa shape index (κ3) is 2.64. The maximum absolute atomic E-state index is 14.2. The molecule has 0 saturated heterocycles. The van der Waals surface area contributed by atoms with Crippen LogP contribution in [0.1, 0.15) is 18.0 Å². The van der Waals surface area contributed by atoms with Gasteiger partial charge >= 0.3 is 0 Å². The summed E-state index contributed by atoms with van der Waals surface area (Å²) in [5.41, 5.74) is 2.70. The van der Waals surface area contributed by atoms with Gasteiger partial charge in [0.2, 0.25) is 0 Å². The van der Waals surface area contributed by atoms with E-state index in [1.54, 1.807) is 41.5 Å². The van der Waals surface area contributed by atoms with E-state index in [4.69, 9.17) is 5.26 Å². The molecule has 25 heavy (non-hydrogen) atoms. The molecule has 0 radical (unpaired) electrons. The molecule has 4 aromatic rings. The highest BCUT2D eigenvalue weighted by molar-refractivity contribution is 5.89. The predicted octanol–water partition coefficient (Wildman–Crippen LogP) is 3.46. The second kappa shape index (κ2) is 6.17. The Balaban J connectivity index is 1.78. The van der Waals surface area contributed by atoms with Gasteiger partial charge in [-0.3, -0.25) is 4.68 Å². The number of hydrogen-bond donors (Lipinski definition) is 1. The van der Waals surface area contributed by atoms with Gasteiger partial charge in [-0.2, -0.15) is 10.4 Å². The Morgan fingerprint density at radius 3 is 2.96 bits per heavy atom. The Labute approximate surface area is 142 Å². The first-order valence-corrected chi connectivity index (χ1v) is 7.72. The molecule has 1 aromatic carbocycles. The normalized spacial score (nSPS) is 12.2. The standard InChI is InChI=1S/C18H13FN6/c19-15-4-2-1-3-13(15)16(5-7-20)25-10-12(9-24-25)17-14-6-8-21-18(14)23-11-22-17/h1-4,6,8-11,16H,5H2,(H,21,22,23). The highest BCUT2D eigenvalue weighted by Gasteiger charge is 2.19. The van der Waals surface area contributed by atoms with Crippen LogP contribution in [0.5, 0.6) is 0 Å². The minimum Gasteiger partial charge on any atom is -0.346 e. The number of aromatic amines is 1. The first kappa shape index (κ1) is 15.0. The Bertz CT molecular complexity index is 1070. The molecule has 0 aliphatic heterocycles. The van der Waals surface area contributed by atoms with Crippen LogP contribution in [0.15, 0.2) is 55.2 Å². The summed E-state index contributed by atoms with van der Waals surface area (Å²) in [6, 6.07) is 9.94. The number of nitriles is 1. The third-order valence-corrected chi connectivity index (χ3v) is 4.10. The summed E-state index contributed by atoms with van der Waals surface area (Å²) in [7, 11) is 0. The first-order chi connectivity index (χ1) is 12.3. The van der Waals surface area contributed by atoms with Crippen molar-refractivity contribution in [1.82, 2.24) is 24.7 Å². The number of benzene rings is 1. The van der Waals surface area contributed by atoms with Crippen molar-refractivity contribution in [1.29, 1.82) is 5.26 Å². The van der Waals surface area contributed by atoms with Crippen LogP contribution in [0, 0.1) is 17.1 Å². The summed E-state index contributed by atoms with van der Waals surface area (Å²) in [6.45, 7) is 0. The van der Waals surface area contributed by atoms with Crippen molar-refractivity contribution in [3.8, 4) is 17.3 Å². The molecular formula is C18H13FN6.